The molecule has 0 aromatic carbocycles. The first-order valence-corrected chi connectivity index (χ1v) is 7.86. The molecule has 2 unspecified atom stereocenters. The van der Waals surface area contributed by atoms with Gasteiger partial charge in [0.25, 0.3) is 5.95 Å². The molecule has 0 radical (unpaired) electrons. The molecule has 2 atom stereocenters. The highest BCUT2D eigenvalue weighted by Crippen LogP contribution is 2.08. The van der Waals surface area contributed by atoms with E-state index in [1.165, 1.54) is 17.3 Å². The largest absolute Gasteiger partial charge is 0.354 e. The van der Waals surface area contributed by atoms with E-state index in [2.05, 4.69) is 35.8 Å². The molecule has 2 aromatic heterocycles. The molecule has 2 heterocycles. The van der Waals surface area contributed by atoms with Gasteiger partial charge in [-0.05, 0) is 6.42 Å². The number of aromatic nitrogens is 6. The molecule has 114 valence electrons. The van der Waals surface area contributed by atoms with Crippen molar-refractivity contribution >= 4 is 22.7 Å². The van der Waals surface area contributed by atoms with E-state index in [1.54, 1.807) is 6.26 Å². The van der Waals surface area contributed by atoms with Crippen LogP contribution in [0.3, 0.4) is 0 Å². The van der Waals surface area contributed by atoms with Crippen molar-refractivity contribution in [1.29, 1.82) is 0 Å². The van der Waals surface area contributed by atoms with Crippen LogP contribution in [0.1, 0.15) is 13.3 Å². The summed E-state index contributed by atoms with van der Waals surface area (Å²) < 4.78 is 12.7. The Kier molecular flexibility index (Phi) is 5.11. The molecule has 21 heavy (non-hydrogen) atoms. The minimum Gasteiger partial charge on any atom is -0.354 e. The van der Waals surface area contributed by atoms with Crippen LogP contribution in [0, 0.1) is 0 Å². The average Bonchev–Trinajstić information content (AvgIpc) is 3.01. The van der Waals surface area contributed by atoms with Gasteiger partial charge in [0, 0.05) is 28.9 Å². The maximum absolute atomic E-state index is 11.3. The van der Waals surface area contributed by atoms with Gasteiger partial charge in [-0.25, -0.2) is 10.8 Å². The Morgan fingerprint density at radius 1 is 1.38 bits per heavy atom. The van der Waals surface area contributed by atoms with Crippen molar-refractivity contribution in [2.45, 2.75) is 18.6 Å². The molecule has 0 saturated carbocycles. The van der Waals surface area contributed by atoms with Crippen LogP contribution in [0.2, 0.25) is 0 Å². The number of nitrogens with two attached hydrogens (primary N) is 1. The molecule has 2 rings (SSSR count). The minimum absolute atomic E-state index is 0.0984. The van der Waals surface area contributed by atoms with E-state index < -0.39 is 10.8 Å². The summed E-state index contributed by atoms with van der Waals surface area (Å²) in [7, 11) is -0.851. The highest BCUT2D eigenvalue weighted by Gasteiger charge is 2.09. The summed E-state index contributed by atoms with van der Waals surface area (Å²) in [4.78, 5) is 16.2. The maximum Gasteiger partial charge on any atom is 0.258 e. The number of hydrogen-bond acceptors (Lipinski definition) is 9. The smallest absolute Gasteiger partial charge is 0.258 e. The van der Waals surface area contributed by atoms with Gasteiger partial charge in [0.05, 0.1) is 0 Å². The second kappa shape index (κ2) is 7.04. The van der Waals surface area contributed by atoms with Crippen LogP contribution >= 0.6 is 0 Å². The van der Waals surface area contributed by atoms with Crippen molar-refractivity contribution in [2.75, 3.05) is 23.5 Å². The Bertz CT molecular complexity index is 603. The van der Waals surface area contributed by atoms with Gasteiger partial charge in [0.2, 0.25) is 11.9 Å². The highest BCUT2D eigenvalue weighted by molar-refractivity contribution is 7.84. The Labute approximate surface area is 124 Å². The summed E-state index contributed by atoms with van der Waals surface area (Å²) in [6, 6.07) is 0. The van der Waals surface area contributed by atoms with Crippen LogP contribution in [0.15, 0.2) is 12.7 Å². The minimum atomic E-state index is -0.851. The lowest BCUT2D eigenvalue weighted by atomic mass is 10.3. The topological polar surface area (TPSA) is 137 Å². The fourth-order valence-corrected chi connectivity index (χ4v) is 1.93. The highest BCUT2D eigenvalue weighted by atomic mass is 32.2. The predicted molar refractivity (Wildman–Crippen MR) is 79.2 cm³/mol. The zero-order valence-electron chi connectivity index (χ0n) is 11.7. The number of nitrogens with one attached hydrogen (secondary N) is 2. The third-order valence-electron chi connectivity index (χ3n) is 2.78. The molecule has 0 fully saturated rings. The Balaban J connectivity index is 2.09. The molecule has 0 aliphatic rings. The summed E-state index contributed by atoms with van der Waals surface area (Å²) in [6.07, 6.45) is 5.28. The number of anilines is 2. The van der Waals surface area contributed by atoms with E-state index in [4.69, 9.17) is 5.84 Å². The predicted octanol–water partition coefficient (Wildman–Crippen LogP) is -0.693. The zero-order chi connectivity index (χ0) is 15.2. The normalized spacial score (nSPS) is 13.7. The molecule has 0 spiro atoms. The summed E-state index contributed by atoms with van der Waals surface area (Å²) >= 11 is 0. The van der Waals surface area contributed by atoms with Crippen molar-refractivity contribution < 1.29 is 4.21 Å². The van der Waals surface area contributed by atoms with E-state index >= 15 is 0 Å². The molecule has 4 N–H and O–H groups in total. The lowest BCUT2D eigenvalue weighted by molar-refractivity contribution is 0.672. The first-order chi connectivity index (χ1) is 10.1. The van der Waals surface area contributed by atoms with E-state index in [1.807, 2.05) is 6.92 Å². The number of nitrogens with zero attached hydrogens (tertiary/aromatic N) is 6. The Morgan fingerprint density at radius 2 is 2.14 bits per heavy atom. The van der Waals surface area contributed by atoms with Gasteiger partial charge in [-0.1, -0.05) is 6.92 Å². The molecule has 0 bridgehead atoms. The summed E-state index contributed by atoms with van der Waals surface area (Å²) in [5.41, 5.74) is 2.37. The van der Waals surface area contributed by atoms with Gasteiger partial charge in [-0.3, -0.25) is 9.63 Å². The van der Waals surface area contributed by atoms with Crippen molar-refractivity contribution in [1.82, 2.24) is 29.7 Å². The number of rotatable bonds is 7. The van der Waals surface area contributed by atoms with Gasteiger partial charge in [-0.15, -0.1) is 0 Å². The van der Waals surface area contributed by atoms with Gasteiger partial charge >= 0.3 is 0 Å². The lowest BCUT2D eigenvalue weighted by Gasteiger charge is -2.10. The van der Waals surface area contributed by atoms with Gasteiger partial charge in [0.15, 0.2) is 0 Å². The second-order valence-corrected chi connectivity index (χ2v) is 6.09. The molecule has 0 saturated heterocycles. The summed E-state index contributed by atoms with van der Waals surface area (Å²) in [5.74, 6) is 6.21. The van der Waals surface area contributed by atoms with Gasteiger partial charge in [0.1, 0.15) is 12.7 Å². The average molecular weight is 311 g/mol. The maximum atomic E-state index is 11.3. The third kappa shape index (κ3) is 4.16. The van der Waals surface area contributed by atoms with Crippen LogP contribution in [-0.2, 0) is 10.8 Å². The standard InChI is InChI=1S/C10H17N9OS/c1-7(21(2)20)3-4-13-8-15-9(18-11)17-10(16-8)19-6-12-5-14-19/h5-7H,3-4,11H2,1-2H3,(H2,13,15,16,17,18). The first-order valence-electron chi connectivity index (χ1n) is 6.24. The van der Waals surface area contributed by atoms with Crippen LogP contribution in [0.25, 0.3) is 5.95 Å². The summed E-state index contributed by atoms with van der Waals surface area (Å²) in [6.45, 7) is 2.52. The van der Waals surface area contributed by atoms with Crippen molar-refractivity contribution in [2.24, 2.45) is 5.84 Å². The summed E-state index contributed by atoms with van der Waals surface area (Å²) in [5, 5.41) is 7.10. The van der Waals surface area contributed by atoms with Crippen LogP contribution in [0.4, 0.5) is 11.9 Å². The van der Waals surface area contributed by atoms with E-state index in [9.17, 15) is 4.21 Å². The van der Waals surface area contributed by atoms with E-state index in [-0.39, 0.29) is 11.2 Å². The third-order valence-corrected chi connectivity index (χ3v) is 4.15. The van der Waals surface area contributed by atoms with E-state index in [0.717, 1.165) is 6.42 Å². The SMILES string of the molecule is CC(CCNc1nc(NN)nc(-n2cncn2)n1)S(C)=O. The molecule has 10 nitrogen and oxygen atoms in total. The van der Waals surface area contributed by atoms with E-state index in [0.29, 0.717) is 18.4 Å². The molecular weight excluding hydrogens is 294 g/mol. The Morgan fingerprint density at radius 3 is 2.76 bits per heavy atom. The van der Waals surface area contributed by atoms with Crippen molar-refractivity contribution in [3.8, 4) is 5.95 Å². The zero-order valence-corrected chi connectivity index (χ0v) is 12.5. The molecule has 0 aliphatic heterocycles. The molecule has 0 aliphatic carbocycles. The molecular formula is C10H17N9OS. The fourth-order valence-electron chi connectivity index (χ4n) is 1.48. The number of nitrogen functional groups attached to an aromatic ring is 1. The van der Waals surface area contributed by atoms with Gasteiger partial charge < -0.3 is 5.32 Å². The Hall–Kier alpha value is -2.14. The number of hydrogen-bond donors (Lipinski definition) is 3. The number of hydrazine groups is 1. The molecule has 0 amide bonds. The first kappa shape index (κ1) is 15.3. The fraction of sp³-hybridized carbons (Fsp3) is 0.500. The molecule has 11 heteroatoms. The van der Waals surface area contributed by atoms with Crippen LogP contribution in [-0.4, -0.2) is 52.0 Å². The van der Waals surface area contributed by atoms with Crippen LogP contribution in [0.5, 0.6) is 0 Å². The quantitative estimate of drug-likeness (QED) is 0.448. The lowest BCUT2D eigenvalue weighted by Crippen LogP contribution is -2.18. The molecule has 2 aromatic rings. The van der Waals surface area contributed by atoms with Gasteiger partial charge in [-0.2, -0.15) is 24.7 Å². The van der Waals surface area contributed by atoms with Crippen LogP contribution < -0.4 is 16.6 Å². The van der Waals surface area contributed by atoms with Crippen molar-refractivity contribution in [3.63, 3.8) is 0 Å². The second-order valence-electron chi connectivity index (χ2n) is 4.29. The monoisotopic (exact) mass is 311 g/mol. The van der Waals surface area contributed by atoms with Crippen molar-refractivity contribution in [3.05, 3.63) is 12.7 Å².